The highest BCUT2D eigenvalue weighted by Gasteiger charge is 2.07. The van der Waals surface area contributed by atoms with E-state index >= 15 is 0 Å². The van der Waals surface area contributed by atoms with E-state index in [9.17, 15) is 0 Å². The third-order valence-electron chi connectivity index (χ3n) is 2.88. The summed E-state index contributed by atoms with van der Waals surface area (Å²) in [6.45, 7) is 2.04. The van der Waals surface area contributed by atoms with Gasteiger partial charge in [-0.2, -0.15) is 0 Å². The standard InChI is InChI=1S/C14H12N2O/c1-9-5-3-6-10-13(9)16-14-11(15-10)7-4-8-12(14)17-2/h3-8H,1-2H3. The number of benzene rings is 2. The van der Waals surface area contributed by atoms with Crippen LogP contribution in [0, 0.1) is 6.92 Å². The van der Waals surface area contributed by atoms with Crippen LogP contribution in [0.3, 0.4) is 0 Å². The summed E-state index contributed by atoms with van der Waals surface area (Å²) in [7, 11) is 1.65. The van der Waals surface area contributed by atoms with E-state index in [1.54, 1.807) is 7.11 Å². The Labute approximate surface area is 99.1 Å². The van der Waals surface area contributed by atoms with E-state index in [4.69, 9.17) is 4.74 Å². The molecule has 0 saturated carbocycles. The van der Waals surface area contributed by atoms with E-state index in [0.29, 0.717) is 0 Å². The van der Waals surface area contributed by atoms with Crippen LogP contribution in [-0.4, -0.2) is 17.1 Å². The maximum atomic E-state index is 5.31. The molecule has 0 bridgehead atoms. The first-order valence-electron chi connectivity index (χ1n) is 5.49. The van der Waals surface area contributed by atoms with Crippen molar-refractivity contribution in [3.05, 3.63) is 42.0 Å². The third-order valence-corrected chi connectivity index (χ3v) is 2.88. The Morgan fingerprint density at radius 2 is 1.59 bits per heavy atom. The van der Waals surface area contributed by atoms with Crippen molar-refractivity contribution < 1.29 is 4.74 Å². The molecule has 1 aromatic heterocycles. The van der Waals surface area contributed by atoms with E-state index in [1.165, 1.54) is 0 Å². The minimum Gasteiger partial charge on any atom is -0.494 e. The second kappa shape index (κ2) is 3.70. The molecule has 2 aromatic carbocycles. The van der Waals surface area contributed by atoms with Crippen LogP contribution in [0.1, 0.15) is 5.56 Å². The molecule has 0 atom stereocenters. The highest BCUT2D eigenvalue weighted by Crippen LogP contribution is 2.25. The van der Waals surface area contributed by atoms with Crippen molar-refractivity contribution in [3.8, 4) is 5.75 Å². The lowest BCUT2D eigenvalue weighted by Crippen LogP contribution is -1.92. The highest BCUT2D eigenvalue weighted by atomic mass is 16.5. The van der Waals surface area contributed by atoms with Gasteiger partial charge in [-0.1, -0.05) is 18.2 Å². The Kier molecular flexibility index (Phi) is 2.18. The Balaban J connectivity index is 2.49. The van der Waals surface area contributed by atoms with Gasteiger partial charge in [-0.15, -0.1) is 0 Å². The first-order chi connectivity index (χ1) is 8.29. The van der Waals surface area contributed by atoms with Crippen LogP contribution < -0.4 is 4.74 Å². The fourth-order valence-corrected chi connectivity index (χ4v) is 2.00. The van der Waals surface area contributed by atoms with Gasteiger partial charge in [-0.05, 0) is 30.7 Å². The summed E-state index contributed by atoms with van der Waals surface area (Å²) < 4.78 is 5.31. The largest absolute Gasteiger partial charge is 0.494 e. The number of ether oxygens (including phenoxy) is 1. The lowest BCUT2D eigenvalue weighted by atomic mass is 10.2. The molecule has 0 saturated heterocycles. The van der Waals surface area contributed by atoms with E-state index in [0.717, 1.165) is 33.4 Å². The molecular weight excluding hydrogens is 212 g/mol. The number of hydrogen-bond acceptors (Lipinski definition) is 3. The maximum absolute atomic E-state index is 5.31. The lowest BCUT2D eigenvalue weighted by Gasteiger charge is -2.06. The minimum atomic E-state index is 0.764. The number of para-hydroxylation sites is 2. The molecule has 3 nitrogen and oxygen atoms in total. The molecule has 84 valence electrons. The van der Waals surface area contributed by atoms with E-state index < -0.39 is 0 Å². The SMILES string of the molecule is COc1cccc2nc3cccc(C)c3nc12. The summed E-state index contributed by atoms with van der Waals surface area (Å²) in [6.07, 6.45) is 0. The van der Waals surface area contributed by atoms with Crippen LogP contribution >= 0.6 is 0 Å². The molecule has 0 fully saturated rings. The predicted molar refractivity (Wildman–Crippen MR) is 68.3 cm³/mol. The number of methoxy groups -OCH3 is 1. The van der Waals surface area contributed by atoms with Gasteiger partial charge < -0.3 is 4.74 Å². The molecule has 17 heavy (non-hydrogen) atoms. The van der Waals surface area contributed by atoms with E-state index in [1.807, 2.05) is 43.3 Å². The van der Waals surface area contributed by atoms with Gasteiger partial charge >= 0.3 is 0 Å². The lowest BCUT2D eigenvalue weighted by molar-refractivity contribution is 0.419. The molecule has 0 aliphatic heterocycles. The Bertz CT molecular complexity index is 707. The molecule has 0 unspecified atom stereocenters. The van der Waals surface area contributed by atoms with E-state index in [-0.39, 0.29) is 0 Å². The van der Waals surface area contributed by atoms with Gasteiger partial charge in [0.2, 0.25) is 0 Å². The number of hydrogen-bond donors (Lipinski definition) is 0. The fraction of sp³-hybridized carbons (Fsp3) is 0.143. The normalized spacial score (nSPS) is 10.9. The van der Waals surface area contributed by atoms with Crippen molar-refractivity contribution in [1.29, 1.82) is 0 Å². The number of rotatable bonds is 1. The summed E-state index contributed by atoms with van der Waals surface area (Å²) in [5.74, 6) is 0.764. The molecule has 0 radical (unpaired) electrons. The molecule has 3 rings (SSSR count). The van der Waals surface area contributed by atoms with Crippen LogP contribution in [0.2, 0.25) is 0 Å². The minimum absolute atomic E-state index is 0.764. The smallest absolute Gasteiger partial charge is 0.146 e. The van der Waals surface area contributed by atoms with Gasteiger partial charge in [0.15, 0.2) is 0 Å². The van der Waals surface area contributed by atoms with Crippen molar-refractivity contribution in [2.45, 2.75) is 6.92 Å². The van der Waals surface area contributed by atoms with Crippen molar-refractivity contribution in [2.24, 2.45) is 0 Å². The maximum Gasteiger partial charge on any atom is 0.146 e. The van der Waals surface area contributed by atoms with Crippen LogP contribution in [-0.2, 0) is 0 Å². The van der Waals surface area contributed by atoms with Gasteiger partial charge in [0.25, 0.3) is 0 Å². The first-order valence-corrected chi connectivity index (χ1v) is 5.49. The van der Waals surface area contributed by atoms with Crippen molar-refractivity contribution >= 4 is 22.1 Å². The highest BCUT2D eigenvalue weighted by molar-refractivity contribution is 5.90. The van der Waals surface area contributed by atoms with E-state index in [2.05, 4.69) is 9.97 Å². The van der Waals surface area contributed by atoms with Crippen molar-refractivity contribution in [3.63, 3.8) is 0 Å². The summed E-state index contributed by atoms with van der Waals surface area (Å²) in [6, 6.07) is 11.8. The van der Waals surface area contributed by atoms with Crippen LogP contribution in [0.4, 0.5) is 0 Å². The Morgan fingerprint density at radius 3 is 2.35 bits per heavy atom. The quantitative estimate of drug-likeness (QED) is 0.596. The van der Waals surface area contributed by atoms with Crippen molar-refractivity contribution in [2.75, 3.05) is 7.11 Å². The van der Waals surface area contributed by atoms with Gasteiger partial charge in [0.05, 0.1) is 23.7 Å². The van der Waals surface area contributed by atoms with Crippen molar-refractivity contribution in [1.82, 2.24) is 9.97 Å². The number of fused-ring (bicyclic) bond motifs is 2. The summed E-state index contributed by atoms with van der Waals surface area (Å²) in [5, 5.41) is 0. The second-order valence-corrected chi connectivity index (χ2v) is 3.99. The Hall–Kier alpha value is -2.16. The second-order valence-electron chi connectivity index (χ2n) is 3.99. The zero-order chi connectivity index (χ0) is 11.8. The average molecular weight is 224 g/mol. The third kappa shape index (κ3) is 1.51. The van der Waals surface area contributed by atoms with Crippen LogP contribution in [0.5, 0.6) is 5.75 Å². The molecule has 0 aliphatic carbocycles. The van der Waals surface area contributed by atoms with Gasteiger partial charge in [-0.25, -0.2) is 9.97 Å². The fourth-order valence-electron chi connectivity index (χ4n) is 2.00. The van der Waals surface area contributed by atoms with Gasteiger partial charge in [-0.3, -0.25) is 0 Å². The average Bonchev–Trinajstić information content (AvgIpc) is 2.36. The molecule has 3 aromatic rings. The molecule has 0 spiro atoms. The molecule has 1 heterocycles. The number of nitrogens with zero attached hydrogens (tertiary/aromatic N) is 2. The van der Waals surface area contributed by atoms with Crippen LogP contribution in [0.15, 0.2) is 36.4 Å². The summed E-state index contributed by atoms with van der Waals surface area (Å²) in [5.41, 5.74) is 4.66. The molecule has 0 N–H and O–H groups in total. The summed E-state index contributed by atoms with van der Waals surface area (Å²) >= 11 is 0. The zero-order valence-corrected chi connectivity index (χ0v) is 9.77. The molecule has 0 aliphatic rings. The molecular formula is C14H12N2O. The summed E-state index contributed by atoms with van der Waals surface area (Å²) in [4.78, 5) is 9.27. The van der Waals surface area contributed by atoms with Gasteiger partial charge in [0.1, 0.15) is 11.3 Å². The number of aryl methyl sites for hydroxylation is 1. The first kappa shape index (κ1) is 10.0. The van der Waals surface area contributed by atoms with Gasteiger partial charge in [0, 0.05) is 0 Å². The Morgan fingerprint density at radius 1 is 0.882 bits per heavy atom. The topological polar surface area (TPSA) is 35.0 Å². The van der Waals surface area contributed by atoms with Crippen LogP contribution in [0.25, 0.3) is 22.1 Å². The predicted octanol–water partition coefficient (Wildman–Crippen LogP) is 3.10. The number of aromatic nitrogens is 2. The molecule has 3 heteroatoms. The zero-order valence-electron chi connectivity index (χ0n) is 9.77. The molecule has 0 amide bonds. The monoisotopic (exact) mass is 224 g/mol.